The molecule has 0 fully saturated rings. The van der Waals surface area contributed by atoms with Crippen molar-refractivity contribution in [3.8, 4) is 11.5 Å². The minimum Gasteiger partial charge on any atom is -0.493 e. The van der Waals surface area contributed by atoms with Crippen LogP contribution in [0.3, 0.4) is 0 Å². The van der Waals surface area contributed by atoms with Gasteiger partial charge in [0, 0.05) is 4.47 Å². The van der Waals surface area contributed by atoms with Crippen molar-refractivity contribution < 1.29 is 9.47 Å². The minimum atomic E-state index is -0.221. The topological polar surface area (TPSA) is 65.7 Å². The number of ether oxygens (including phenoxy) is 2. The highest BCUT2D eigenvalue weighted by Gasteiger charge is 2.09. The van der Waals surface area contributed by atoms with Crippen LogP contribution in [-0.4, -0.2) is 29.1 Å². The van der Waals surface area contributed by atoms with Crippen molar-refractivity contribution in [3.63, 3.8) is 0 Å². The van der Waals surface area contributed by atoms with Gasteiger partial charge in [-0.2, -0.15) is 9.78 Å². The Balaban J connectivity index is 2.00. The summed E-state index contributed by atoms with van der Waals surface area (Å²) in [6.45, 7) is 5.66. The van der Waals surface area contributed by atoms with E-state index >= 15 is 0 Å². The maximum absolute atomic E-state index is 12.8. The molecule has 0 saturated heterocycles. The number of fused-ring (bicyclic) bond motifs is 1. The highest BCUT2D eigenvalue weighted by Crippen LogP contribution is 2.28. The molecule has 0 unspecified atom stereocenters. The van der Waals surface area contributed by atoms with Gasteiger partial charge in [-0.3, -0.25) is 4.79 Å². The number of aromatic nitrogens is 2. The normalized spacial score (nSPS) is 11.5. The molecular formula is C20H20BrN3O3. The highest BCUT2D eigenvalue weighted by atomic mass is 79.9. The van der Waals surface area contributed by atoms with E-state index in [0.717, 1.165) is 10.0 Å². The zero-order chi connectivity index (χ0) is 19.6. The van der Waals surface area contributed by atoms with Crippen molar-refractivity contribution >= 4 is 33.0 Å². The largest absolute Gasteiger partial charge is 0.493 e. The van der Waals surface area contributed by atoms with Crippen LogP contribution in [0.2, 0.25) is 0 Å². The van der Waals surface area contributed by atoms with Crippen molar-refractivity contribution in [2.75, 3.05) is 7.11 Å². The van der Waals surface area contributed by atoms with Crippen LogP contribution in [0.1, 0.15) is 25.2 Å². The Morgan fingerprint density at radius 3 is 2.67 bits per heavy atom. The summed E-state index contributed by atoms with van der Waals surface area (Å²) in [6, 6.07) is 10.9. The van der Waals surface area contributed by atoms with E-state index in [1.165, 1.54) is 4.68 Å². The molecular weight excluding hydrogens is 410 g/mol. The molecule has 1 heterocycles. The van der Waals surface area contributed by atoms with Crippen LogP contribution in [0.25, 0.3) is 10.9 Å². The van der Waals surface area contributed by atoms with Gasteiger partial charge in [0.25, 0.3) is 5.56 Å². The lowest BCUT2D eigenvalue weighted by molar-refractivity contribution is 0.230. The first-order chi connectivity index (χ1) is 12.9. The number of methoxy groups -OCH3 is 1. The summed E-state index contributed by atoms with van der Waals surface area (Å²) >= 11 is 3.38. The molecule has 0 bridgehead atoms. The molecule has 0 saturated carbocycles. The zero-order valence-corrected chi connectivity index (χ0v) is 17.1. The quantitative estimate of drug-likeness (QED) is 0.571. The minimum absolute atomic E-state index is 0.0441. The molecule has 1 aromatic heterocycles. The summed E-state index contributed by atoms with van der Waals surface area (Å²) in [5.41, 5.74) is 1.20. The molecule has 0 aliphatic carbocycles. The number of hydrogen-bond acceptors (Lipinski definition) is 5. The van der Waals surface area contributed by atoms with Crippen LogP contribution in [0, 0.1) is 6.92 Å². The molecule has 6 nitrogen and oxygen atoms in total. The first kappa shape index (κ1) is 19.1. The van der Waals surface area contributed by atoms with Crippen molar-refractivity contribution in [3.05, 3.63) is 62.6 Å². The summed E-state index contributed by atoms with van der Waals surface area (Å²) in [6.07, 6.45) is 1.64. The fourth-order valence-corrected chi connectivity index (χ4v) is 3.00. The van der Waals surface area contributed by atoms with Gasteiger partial charge < -0.3 is 9.47 Å². The Labute approximate surface area is 165 Å². The second-order valence-corrected chi connectivity index (χ2v) is 7.17. The Bertz CT molecular complexity index is 1070. The molecule has 0 N–H and O–H groups in total. The molecule has 0 aliphatic heterocycles. The number of halogens is 1. The van der Waals surface area contributed by atoms with E-state index in [4.69, 9.17) is 9.47 Å². The third-order valence-corrected chi connectivity index (χ3v) is 4.34. The Morgan fingerprint density at radius 2 is 1.96 bits per heavy atom. The van der Waals surface area contributed by atoms with Gasteiger partial charge in [0.1, 0.15) is 5.82 Å². The van der Waals surface area contributed by atoms with Gasteiger partial charge in [0.2, 0.25) is 0 Å². The lowest BCUT2D eigenvalue weighted by atomic mass is 10.2. The van der Waals surface area contributed by atoms with Crippen molar-refractivity contribution in [1.29, 1.82) is 0 Å². The van der Waals surface area contributed by atoms with Gasteiger partial charge in [-0.15, -0.1) is 0 Å². The summed E-state index contributed by atoms with van der Waals surface area (Å²) < 4.78 is 13.2. The Morgan fingerprint density at radius 1 is 1.19 bits per heavy atom. The maximum atomic E-state index is 12.8. The van der Waals surface area contributed by atoms with Crippen LogP contribution in [0.15, 0.2) is 50.8 Å². The Kier molecular flexibility index (Phi) is 5.60. The van der Waals surface area contributed by atoms with Crippen molar-refractivity contribution in [2.45, 2.75) is 26.9 Å². The summed E-state index contributed by atoms with van der Waals surface area (Å²) in [4.78, 5) is 17.2. The van der Waals surface area contributed by atoms with E-state index < -0.39 is 0 Å². The predicted molar refractivity (Wildman–Crippen MR) is 110 cm³/mol. The SMILES string of the molecule is COc1cc(C=Nn2c(C)nc3ccc(Br)cc3c2=O)ccc1OC(C)C. The summed E-state index contributed by atoms with van der Waals surface area (Å²) in [5.74, 6) is 1.78. The number of aryl methyl sites for hydroxylation is 1. The van der Waals surface area contributed by atoms with Crippen LogP contribution >= 0.6 is 15.9 Å². The van der Waals surface area contributed by atoms with E-state index in [2.05, 4.69) is 26.0 Å². The molecule has 3 aromatic rings. The van der Waals surface area contributed by atoms with Crippen LogP contribution < -0.4 is 15.0 Å². The lowest BCUT2D eigenvalue weighted by Crippen LogP contribution is -2.20. The molecule has 140 valence electrons. The van der Waals surface area contributed by atoms with Crippen molar-refractivity contribution in [2.24, 2.45) is 5.10 Å². The second-order valence-electron chi connectivity index (χ2n) is 6.26. The average molecular weight is 430 g/mol. The first-order valence-corrected chi connectivity index (χ1v) is 9.26. The van der Waals surface area contributed by atoms with E-state index in [1.807, 2.05) is 38.1 Å². The fourth-order valence-electron chi connectivity index (χ4n) is 2.64. The van der Waals surface area contributed by atoms with Gasteiger partial charge in [-0.25, -0.2) is 4.98 Å². The van der Waals surface area contributed by atoms with Gasteiger partial charge in [0.05, 0.1) is 30.3 Å². The van der Waals surface area contributed by atoms with Gasteiger partial charge in [-0.1, -0.05) is 15.9 Å². The third-order valence-electron chi connectivity index (χ3n) is 3.84. The number of hydrogen-bond donors (Lipinski definition) is 0. The van der Waals surface area contributed by atoms with E-state index in [0.29, 0.717) is 28.2 Å². The summed E-state index contributed by atoms with van der Waals surface area (Å²) in [7, 11) is 1.59. The number of nitrogens with zero attached hydrogens (tertiary/aromatic N) is 3. The molecule has 2 aromatic carbocycles. The smallest absolute Gasteiger partial charge is 0.282 e. The molecule has 0 aliphatic rings. The number of benzene rings is 2. The summed E-state index contributed by atoms with van der Waals surface area (Å²) in [5, 5.41) is 4.83. The predicted octanol–water partition coefficient (Wildman–Crippen LogP) is 4.15. The first-order valence-electron chi connectivity index (χ1n) is 8.47. The van der Waals surface area contributed by atoms with Crippen LogP contribution in [0.4, 0.5) is 0 Å². The average Bonchev–Trinajstić information content (AvgIpc) is 2.63. The third kappa shape index (κ3) is 4.19. The molecule has 27 heavy (non-hydrogen) atoms. The van der Waals surface area contributed by atoms with Gasteiger partial charge in [0.15, 0.2) is 11.5 Å². The zero-order valence-electron chi connectivity index (χ0n) is 15.6. The van der Waals surface area contributed by atoms with Crippen LogP contribution in [0.5, 0.6) is 11.5 Å². The van der Waals surface area contributed by atoms with E-state index in [1.54, 1.807) is 32.4 Å². The standard InChI is InChI=1S/C20H20BrN3O3/c1-12(2)27-18-8-5-14(9-19(18)26-4)11-22-24-13(3)23-17-7-6-15(21)10-16(17)20(24)25/h5-12H,1-4H3. The fraction of sp³-hybridized carbons (Fsp3) is 0.250. The second kappa shape index (κ2) is 7.92. The van der Waals surface area contributed by atoms with Crippen molar-refractivity contribution in [1.82, 2.24) is 9.66 Å². The number of rotatable bonds is 5. The molecule has 3 rings (SSSR count). The molecule has 0 amide bonds. The van der Waals surface area contributed by atoms with E-state index in [-0.39, 0.29) is 11.7 Å². The monoisotopic (exact) mass is 429 g/mol. The molecule has 0 spiro atoms. The highest BCUT2D eigenvalue weighted by molar-refractivity contribution is 9.10. The van der Waals surface area contributed by atoms with Crippen LogP contribution in [-0.2, 0) is 0 Å². The maximum Gasteiger partial charge on any atom is 0.282 e. The van der Waals surface area contributed by atoms with Gasteiger partial charge >= 0.3 is 0 Å². The lowest BCUT2D eigenvalue weighted by Gasteiger charge is -2.13. The molecule has 7 heteroatoms. The molecule has 0 radical (unpaired) electrons. The van der Waals surface area contributed by atoms with E-state index in [9.17, 15) is 4.79 Å². The van der Waals surface area contributed by atoms with Gasteiger partial charge in [-0.05, 0) is 62.7 Å². The Hall–Kier alpha value is -2.67. The molecule has 0 atom stereocenters.